The summed E-state index contributed by atoms with van der Waals surface area (Å²) in [6.07, 6.45) is 0. The molecule has 0 spiro atoms. The first-order valence-corrected chi connectivity index (χ1v) is 9.05. The fourth-order valence-corrected chi connectivity index (χ4v) is 1.96. The summed E-state index contributed by atoms with van der Waals surface area (Å²) in [5.74, 6) is 0. The molecule has 0 aromatic carbocycles. The van der Waals surface area contributed by atoms with Crippen molar-refractivity contribution < 1.29 is 10.2 Å². The summed E-state index contributed by atoms with van der Waals surface area (Å²) in [4.78, 5) is 6.79. The molecule has 0 radical (unpaired) electrons. The van der Waals surface area contributed by atoms with E-state index in [9.17, 15) is 0 Å². The molecule has 0 saturated carbocycles. The van der Waals surface area contributed by atoms with E-state index in [1.54, 1.807) is 0 Å². The van der Waals surface area contributed by atoms with Crippen LogP contribution in [0.1, 0.15) is 22.8 Å². The Kier molecular flexibility index (Phi) is 17.6. The van der Waals surface area contributed by atoms with Crippen LogP contribution in [0.4, 0.5) is 0 Å². The topological polar surface area (TPSA) is 66.2 Å². The van der Waals surface area contributed by atoms with Gasteiger partial charge in [-0.25, -0.2) is 0 Å². The van der Waals surface area contributed by atoms with Gasteiger partial charge in [0.2, 0.25) is 0 Å². The number of nitrogens with one attached hydrogen (secondary N) is 2. The van der Waals surface area contributed by atoms with Gasteiger partial charge < -0.3 is 24.9 Å². The second-order valence-electron chi connectivity index (χ2n) is 7.29. The Labute approximate surface area is 195 Å². The zero-order chi connectivity index (χ0) is 20.1. The second-order valence-corrected chi connectivity index (χ2v) is 7.29. The first-order chi connectivity index (χ1) is 12.1. The Morgan fingerprint density at radius 3 is 1.15 bits per heavy atom. The minimum Gasteiger partial charge on any atom is -0.416 e. The van der Waals surface area contributed by atoms with Gasteiger partial charge in [-0.1, -0.05) is 13.8 Å². The third-order valence-corrected chi connectivity index (χ3v) is 3.53. The van der Waals surface area contributed by atoms with Crippen molar-refractivity contribution in [2.24, 2.45) is 0 Å². The Hall–Kier alpha value is -0.440. The fraction of sp³-hybridized carbons (Fsp3) is 0.684. The molecule has 0 fully saturated rings. The molecule has 2 aromatic rings. The minimum atomic E-state index is 0. The van der Waals surface area contributed by atoms with Crippen molar-refractivity contribution >= 4 is 37.7 Å². The third kappa shape index (κ3) is 18.7. The number of likely N-dealkylation sites (N-methyl/N-ethyl adjacent to an activating group) is 3. The van der Waals surface area contributed by atoms with E-state index in [1.165, 1.54) is 0 Å². The Balaban J connectivity index is 0. The summed E-state index contributed by atoms with van der Waals surface area (Å²) in [7, 11) is 10.6. The molecular formula is C19H39CaN7+2. The molecule has 2 N–H and O–H groups in total. The number of nitrogens with zero attached hydrogens (tertiary/aromatic N) is 5. The van der Waals surface area contributed by atoms with E-state index in [1.807, 2.05) is 39.8 Å². The van der Waals surface area contributed by atoms with Crippen LogP contribution in [-0.2, 0) is 0 Å². The number of hydrogen-bond acceptors (Lipinski definition) is 3. The first-order valence-electron chi connectivity index (χ1n) is 9.05. The van der Waals surface area contributed by atoms with Crippen molar-refractivity contribution in [3.63, 3.8) is 0 Å². The summed E-state index contributed by atoms with van der Waals surface area (Å²) in [5, 5.41) is 13.4. The van der Waals surface area contributed by atoms with Crippen LogP contribution >= 0.6 is 0 Å². The average molecular weight is 406 g/mol. The molecule has 7 nitrogen and oxygen atoms in total. The predicted molar refractivity (Wildman–Crippen MR) is 112 cm³/mol. The molecule has 0 aliphatic rings. The number of aromatic nitrogens is 4. The maximum atomic E-state index is 3.89. The zero-order valence-electron chi connectivity index (χ0n) is 18.9. The van der Waals surface area contributed by atoms with Gasteiger partial charge in [0.05, 0.1) is 0 Å². The Morgan fingerprint density at radius 2 is 1.00 bits per heavy atom. The van der Waals surface area contributed by atoms with Gasteiger partial charge in [-0.3, -0.25) is 10.2 Å². The molecule has 150 valence electrons. The number of rotatable bonds is 6. The molecule has 0 unspecified atom stereocenters. The maximum absolute atomic E-state index is 3.89. The van der Waals surface area contributed by atoms with Crippen molar-refractivity contribution in [2.75, 3.05) is 61.4 Å². The van der Waals surface area contributed by atoms with E-state index >= 15 is 0 Å². The number of hydrogen-bond donors (Lipinski definition) is 0. The molecule has 2 rings (SSSR count). The summed E-state index contributed by atoms with van der Waals surface area (Å²) in [5.41, 5.74) is 4.35. The van der Waals surface area contributed by atoms with Gasteiger partial charge >= 0.3 is 37.7 Å². The normalized spacial score (nSPS) is 10.2. The summed E-state index contributed by atoms with van der Waals surface area (Å²) in [6.45, 7) is 12.5. The molecule has 8 heteroatoms. The molecule has 0 saturated heterocycles. The van der Waals surface area contributed by atoms with Crippen molar-refractivity contribution in [3.8, 4) is 0 Å². The van der Waals surface area contributed by atoms with Gasteiger partial charge in [-0.2, -0.15) is 0 Å². The number of H-pyrrole nitrogens is 2. The van der Waals surface area contributed by atoms with Gasteiger partial charge in [-0.15, -0.1) is 11.4 Å². The van der Waals surface area contributed by atoms with Gasteiger partial charge in [-0.05, 0) is 47.4 Å². The van der Waals surface area contributed by atoms with E-state index in [0.717, 1.165) is 49.0 Å². The Morgan fingerprint density at radius 1 is 0.667 bits per heavy atom. The molecule has 2 heterocycles. The molecule has 0 amide bonds. The van der Waals surface area contributed by atoms with Crippen molar-refractivity contribution in [1.82, 2.24) is 24.9 Å². The smallest absolute Gasteiger partial charge is 0.416 e. The van der Waals surface area contributed by atoms with Crippen LogP contribution in [0.5, 0.6) is 0 Å². The largest absolute Gasteiger partial charge is 2.00 e. The molecule has 0 atom stereocenters. The van der Waals surface area contributed by atoms with Gasteiger partial charge in [0, 0.05) is 40.0 Å². The van der Waals surface area contributed by atoms with Crippen LogP contribution in [0.3, 0.4) is 0 Å². The molecule has 0 aliphatic heterocycles. The number of aryl methyl sites for hydroxylation is 4. The maximum Gasteiger partial charge on any atom is 2.00 e. The van der Waals surface area contributed by atoms with Crippen LogP contribution in [0.15, 0.2) is 12.1 Å². The van der Waals surface area contributed by atoms with Gasteiger partial charge in [0.1, 0.15) is 0 Å². The van der Waals surface area contributed by atoms with E-state index < -0.39 is 0 Å². The first kappa shape index (κ1) is 28.8. The van der Waals surface area contributed by atoms with E-state index in [4.69, 9.17) is 0 Å². The standard InChI is InChI=1S/C9H23N3.2C5H8N2.Ca/c1-10(2)6-8-12(5)9-7-11(3)4;2*1-4-3-5(2)7-6-4;/h6-9H2,1-5H3;2*3,6H,1-2H3;/q;;;+2. The Bertz CT molecular complexity index is 495. The monoisotopic (exact) mass is 405 g/mol. The summed E-state index contributed by atoms with van der Waals surface area (Å²) >= 11 is 0. The minimum absolute atomic E-state index is 0. The molecular weight excluding hydrogens is 366 g/mol. The van der Waals surface area contributed by atoms with Crippen LogP contribution in [0.25, 0.3) is 0 Å². The van der Waals surface area contributed by atoms with Gasteiger partial charge in [0.25, 0.3) is 0 Å². The van der Waals surface area contributed by atoms with Crippen LogP contribution in [0, 0.1) is 27.7 Å². The zero-order valence-corrected chi connectivity index (χ0v) is 21.1. The van der Waals surface area contributed by atoms with Crippen molar-refractivity contribution in [1.29, 1.82) is 0 Å². The van der Waals surface area contributed by atoms with Crippen LogP contribution < -0.4 is 20.4 Å². The van der Waals surface area contributed by atoms with E-state index in [0.29, 0.717) is 0 Å². The van der Waals surface area contributed by atoms with Crippen LogP contribution in [0.2, 0.25) is 0 Å². The SMILES string of the molecule is CN(C)CCN(C)CCN(C)C.Cc1cc(C)[nH+][n-]1.Cc1cc(C)[nH+][n-]1.[Ca+2]. The number of aromatic amines is 2. The average Bonchev–Trinajstić information content (AvgIpc) is 3.11. The quantitative estimate of drug-likeness (QED) is 0.623. The summed E-state index contributed by atoms with van der Waals surface area (Å²) in [6, 6.07) is 4.00. The summed E-state index contributed by atoms with van der Waals surface area (Å²) < 4.78 is 0. The van der Waals surface area contributed by atoms with Crippen molar-refractivity contribution in [3.05, 3.63) is 34.9 Å². The molecule has 27 heavy (non-hydrogen) atoms. The second kappa shape index (κ2) is 16.5. The fourth-order valence-electron chi connectivity index (χ4n) is 1.96. The predicted octanol–water partition coefficient (Wildman–Crippen LogP) is -0.190. The van der Waals surface area contributed by atoms with Crippen LogP contribution in [-0.4, -0.2) is 114 Å². The molecule has 2 aromatic heterocycles. The third-order valence-electron chi connectivity index (χ3n) is 3.53. The van der Waals surface area contributed by atoms with Gasteiger partial charge in [0.15, 0.2) is 11.4 Å². The van der Waals surface area contributed by atoms with E-state index in [-0.39, 0.29) is 37.7 Å². The van der Waals surface area contributed by atoms with E-state index in [2.05, 4.69) is 70.3 Å². The molecule has 0 bridgehead atoms. The molecule has 0 aliphatic carbocycles. The van der Waals surface area contributed by atoms with Crippen molar-refractivity contribution in [2.45, 2.75) is 27.7 Å².